The molecule has 1 aliphatic heterocycles. The highest BCUT2D eigenvalue weighted by Gasteiger charge is 2.28. The van der Waals surface area contributed by atoms with Crippen LogP contribution in [0, 0.1) is 19.6 Å². The largest absolute Gasteiger partial charge is 0.366 e. The summed E-state index contributed by atoms with van der Waals surface area (Å²) in [7, 11) is 0. The minimum absolute atomic E-state index is 0.0178. The Morgan fingerprint density at radius 3 is 2.56 bits per heavy atom. The second-order valence-corrected chi connectivity index (χ2v) is 7.25. The average molecular weight is 451 g/mol. The molecule has 1 saturated heterocycles. The summed E-state index contributed by atoms with van der Waals surface area (Å²) in [6.45, 7) is 1.27. The molecule has 0 spiro atoms. The molecule has 0 saturated carbocycles. The zero-order valence-electron chi connectivity index (χ0n) is 13.5. The molecule has 2 aromatic carbocycles. The predicted molar refractivity (Wildman–Crippen MR) is 106 cm³/mol. The number of carbonyl (C=O) groups excluding carboxylic acids is 1. The number of hydrogen-bond acceptors (Lipinski definition) is 4. The fourth-order valence-electron chi connectivity index (χ4n) is 3.08. The SMILES string of the molecule is O=C(Nc1cccc(I)c1)C1CCN(c2ccccc2[N+](=O)[O-])CC1. The van der Waals surface area contributed by atoms with Gasteiger partial charge in [0, 0.05) is 34.3 Å². The van der Waals surface area contributed by atoms with Crippen molar-refractivity contribution in [3.05, 3.63) is 62.2 Å². The van der Waals surface area contributed by atoms with Gasteiger partial charge in [-0.05, 0) is 59.7 Å². The van der Waals surface area contributed by atoms with E-state index in [1.165, 1.54) is 6.07 Å². The Morgan fingerprint density at radius 2 is 1.88 bits per heavy atom. The van der Waals surface area contributed by atoms with Crippen LogP contribution >= 0.6 is 22.6 Å². The second kappa shape index (κ2) is 7.81. The van der Waals surface area contributed by atoms with Crippen molar-refractivity contribution in [3.8, 4) is 0 Å². The number of halogens is 1. The first-order chi connectivity index (χ1) is 12.0. The van der Waals surface area contributed by atoms with Gasteiger partial charge in [0.05, 0.1) is 4.92 Å². The number of piperidine rings is 1. The van der Waals surface area contributed by atoms with Gasteiger partial charge in [0.15, 0.2) is 0 Å². The molecule has 0 aromatic heterocycles. The van der Waals surface area contributed by atoms with Crippen LogP contribution in [-0.2, 0) is 4.79 Å². The van der Waals surface area contributed by atoms with E-state index in [2.05, 4.69) is 27.9 Å². The summed E-state index contributed by atoms with van der Waals surface area (Å²) < 4.78 is 1.07. The Bertz CT molecular complexity index is 789. The highest BCUT2D eigenvalue weighted by Crippen LogP contribution is 2.31. The van der Waals surface area contributed by atoms with E-state index in [0.29, 0.717) is 31.6 Å². The van der Waals surface area contributed by atoms with E-state index in [0.717, 1.165) is 9.26 Å². The van der Waals surface area contributed by atoms with E-state index in [1.807, 2.05) is 29.2 Å². The normalized spacial score (nSPS) is 15.0. The number of nitrogens with zero attached hydrogens (tertiary/aromatic N) is 2. The lowest BCUT2D eigenvalue weighted by molar-refractivity contribution is -0.384. The van der Waals surface area contributed by atoms with Crippen LogP contribution in [0.5, 0.6) is 0 Å². The molecular weight excluding hydrogens is 433 g/mol. The summed E-state index contributed by atoms with van der Waals surface area (Å²) >= 11 is 2.21. The first-order valence-corrected chi connectivity index (χ1v) is 9.17. The van der Waals surface area contributed by atoms with E-state index >= 15 is 0 Å². The minimum Gasteiger partial charge on any atom is -0.366 e. The Balaban J connectivity index is 1.62. The molecule has 7 heteroatoms. The zero-order chi connectivity index (χ0) is 17.8. The van der Waals surface area contributed by atoms with E-state index < -0.39 is 0 Å². The highest BCUT2D eigenvalue weighted by molar-refractivity contribution is 14.1. The fourth-order valence-corrected chi connectivity index (χ4v) is 3.62. The average Bonchev–Trinajstić information content (AvgIpc) is 2.62. The third-order valence-corrected chi connectivity index (χ3v) is 5.05. The van der Waals surface area contributed by atoms with Crippen molar-refractivity contribution in [1.29, 1.82) is 0 Å². The number of nitro groups is 1. The molecule has 1 N–H and O–H groups in total. The topological polar surface area (TPSA) is 75.5 Å². The summed E-state index contributed by atoms with van der Waals surface area (Å²) in [6.07, 6.45) is 1.36. The number of rotatable bonds is 4. The fraction of sp³-hybridized carbons (Fsp3) is 0.278. The smallest absolute Gasteiger partial charge is 0.292 e. The molecule has 1 heterocycles. The highest BCUT2D eigenvalue weighted by atomic mass is 127. The first kappa shape index (κ1) is 17.7. The number of benzene rings is 2. The predicted octanol–water partition coefficient (Wildman–Crippen LogP) is 4.05. The summed E-state index contributed by atoms with van der Waals surface area (Å²) in [4.78, 5) is 25.3. The van der Waals surface area contributed by atoms with Crippen LogP contribution in [0.1, 0.15) is 12.8 Å². The number of nitro benzene ring substituents is 1. The van der Waals surface area contributed by atoms with Gasteiger partial charge in [0.1, 0.15) is 5.69 Å². The molecule has 2 aromatic rings. The summed E-state index contributed by atoms with van der Waals surface area (Å²) in [5.74, 6) is -0.0545. The van der Waals surface area contributed by atoms with Gasteiger partial charge in [-0.1, -0.05) is 18.2 Å². The van der Waals surface area contributed by atoms with Gasteiger partial charge < -0.3 is 10.2 Å². The molecular formula is C18H18IN3O3. The quantitative estimate of drug-likeness (QED) is 0.433. The molecule has 1 aliphatic rings. The van der Waals surface area contributed by atoms with Crippen LogP contribution in [0.2, 0.25) is 0 Å². The van der Waals surface area contributed by atoms with Crippen molar-refractivity contribution in [2.45, 2.75) is 12.8 Å². The maximum atomic E-state index is 12.5. The molecule has 0 bridgehead atoms. The third kappa shape index (κ3) is 4.28. The Kier molecular flexibility index (Phi) is 5.52. The molecule has 1 amide bonds. The lowest BCUT2D eigenvalue weighted by atomic mass is 9.95. The molecule has 130 valence electrons. The van der Waals surface area contributed by atoms with Crippen LogP contribution in [0.15, 0.2) is 48.5 Å². The number of para-hydroxylation sites is 2. The lowest BCUT2D eigenvalue weighted by Gasteiger charge is -2.32. The second-order valence-electron chi connectivity index (χ2n) is 6.01. The summed E-state index contributed by atoms with van der Waals surface area (Å²) in [5, 5.41) is 14.1. The van der Waals surface area contributed by atoms with Gasteiger partial charge in [-0.3, -0.25) is 14.9 Å². The van der Waals surface area contributed by atoms with E-state index in [4.69, 9.17) is 0 Å². The molecule has 0 atom stereocenters. The molecule has 25 heavy (non-hydrogen) atoms. The number of nitrogens with one attached hydrogen (secondary N) is 1. The summed E-state index contributed by atoms with van der Waals surface area (Å²) in [5.41, 5.74) is 1.55. The summed E-state index contributed by atoms with van der Waals surface area (Å²) in [6, 6.07) is 14.5. The lowest BCUT2D eigenvalue weighted by Crippen LogP contribution is -2.38. The Hall–Kier alpha value is -2.16. The van der Waals surface area contributed by atoms with Crippen LogP contribution < -0.4 is 10.2 Å². The van der Waals surface area contributed by atoms with Gasteiger partial charge in [0.25, 0.3) is 5.69 Å². The Labute approximate surface area is 159 Å². The number of anilines is 2. The van der Waals surface area contributed by atoms with Crippen LogP contribution in [0.25, 0.3) is 0 Å². The maximum absolute atomic E-state index is 12.5. The molecule has 0 aliphatic carbocycles. The van der Waals surface area contributed by atoms with Gasteiger partial charge in [-0.25, -0.2) is 0 Å². The maximum Gasteiger partial charge on any atom is 0.292 e. The van der Waals surface area contributed by atoms with Crippen molar-refractivity contribution in [2.24, 2.45) is 5.92 Å². The van der Waals surface area contributed by atoms with Crippen molar-refractivity contribution in [1.82, 2.24) is 0 Å². The van der Waals surface area contributed by atoms with Gasteiger partial charge in [-0.15, -0.1) is 0 Å². The minimum atomic E-state index is -0.356. The van der Waals surface area contributed by atoms with E-state index in [1.54, 1.807) is 18.2 Å². The monoisotopic (exact) mass is 451 g/mol. The van der Waals surface area contributed by atoms with Crippen molar-refractivity contribution in [2.75, 3.05) is 23.3 Å². The Morgan fingerprint density at radius 1 is 1.16 bits per heavy atom. The standard InChI is InChI=1S/C18H18IN3O3/c19-14-4-3-5-15(12-14)20-18(23)13-8-10-21(11-9-13)16-6-1-2-7-17(16)22(24)25/h1-7,12-13H,8-11H2,(H,20,23). The van der Waals surface area contributed by atoms with E-state index in [-0.39, 0.29) is 22.4 Å². The molecule has 3 rings (SSSR count). The van der Waals surface area contributed by atoms with Gasteiger partial charge in [0.2, 0.25) is 5.91 Å². The van der Waals surface area contributed by atoms with Crippen molar-refractivity contribution in [3.63, 3.8) is 0 Å². The number of amides is 1. The van der Waals surface area contributed by atoms with Gasteiger partial charge >= 0.3 is 0 Å². The van der Waals surface area contributed by atoms with Crippen LogP contribution in [-0.4, -0.2) is 23.9 Å². The molecule has 0 radical (unpaired) electrons. The number of carbonyl (C=O) groups is 1. The zero-order valence-corrected chi connectivity index (χ0v) is 15.7. The van der Waals surface area contributed by atoms with E-state index in [9.17, 15) is 14.9 Å². The number of hydrogen-bond donors (Lipinski definition) is 1. The van der Waals surface area contributed by atoms with Crippen LogP contribution in [0.3, 0.4) is 0 Å². The molecule has 6 nitrogen and oxygen atoms in total. The van der Waals surface area contributed by atoms with Crippen LogP contribution in [0.4, 0.5) is 17.1 Å². The third-order valence-electron chi connectivity index (χ3n) is 4.38. The van der Waals surface area contributed by atoms with Crippen molar-refractivity contribution < 1.29 is 9.72 Å². The first-order valence-electron chi connectivity index (χ1n) is 8.09. The molecule has 1 fully saturated rings. The van der Waals surface area contributed by atoms with Crippen molar-refractivity contribution >= 4 is 45.6 Å². The molecule has 0 unspecified atom stereocenters. The van der Waals surface area contributed by atoms with Gasteiger partial charge in [-0.2, -0.15) is 0 Å².